The van der Waals surface area contributed by atoms with Crippen molar-refractivity contribution in [3.63, 3.8) is 0 Å². The summed E-state index contributed by atoms with van der Waals surface area (Å²) >= 11 is 1.50. The summed E-state index contributed by atoms with van der Waals surface area (Å²) in [6, 6.07) is 11.3. The molecule has 0 saturated carbocycles. The molecule has 3 aromatic rings. The topological polar surface area (TPSA) is 63.6 Å². The van der Waals surface area contributed by atoms with Crippen LogP contribution in [0.25, 0.3) is 5.69 Å². The third kappa shape index (κ3) is 3.28. The molecule has 5 nitrogen and oxygen atoms in total. The van der Waals surface area contributed by atoms with Gasteiger partial charge in [-0.2, -0.15) is 0 Å². The molecule has 0 atom stereocenters. The highest BCUT2D eigenvalue weighted by Gasteiger charge is 2.07. The molecule has 0 bridgehead atoms. The first-order valence-electron chi connectivity index (χ1n) is 6.92. The molecule has 22 heavy (non-hydrogen) atoms. The Morgan fingerprint density at radius 3 is 2.86 bits per heavy atom. The van der Waals surface area contributed by atoms with Crippen molar-refractivity contribution in [3.8, 4) is 5.69 Å². The van der Waals surface area contributed by atoms with Crippen LogP contribution in [0.3, 0.4) is 0 Å². The molecule has 0 aliphatic heterocycles. The summed E-state index contributed by atoms with van der Waals surface area (Å²) in [6.45, 7) is 3.94. The first-order valence-corrected chi connectivity index (χ1v) is 7.91. The summed E-state index contributed by atoms with van der Waals surface area (Å²) in [6.07, 6.45) is 1.74. The molecule has 0 spiro atoms. The van der Waals surface area contributed by atoms with E-state index in [1.807, 2.05) is 44.2 Å². The Kier molecular flexibility index (Phi) is 4.11. The Labute approximate surface area is 132 Å². The maximum Gasteiger partial charge on any atom is 0.271 e. The number of benzene rings is 1. The minimum Gasteiger partial charge on any atom is -0.294 e. The Morgan fingerprint density at radius 1 is 1.23 bits per heavy atom. The van der Waals surface area contributed by atoms with Gasteiger partial charge >= 0.3 is 0 Å². The first-order chi connectivity index (χ1) is 10.6. The smallest absolute Gasteiger partial charge is 0.271 e. The van der Waals surface area contributed by atoms with Crippen LogP contribution in [-0.2, 0) is 5.75 Å². The molecule has 1 aromatic carbocycles. The molecule has 3 rings (SSSR count). The lowest BCUT2D eigenvalue weighted by Crippen LogP contribution is -2.13. The SMILES string of the molecule is Cc1cccc(-n2[nH]c(CSc3nccc(C)n3)cc2=O)c1. The summed E-state index contributed by atoms with van der Waals surface area (Å²) in [5, 5.41) is 3.85. The van der Waals surface area contributed by atoms with Gasteiger partial charge < -0.3 is 0 Å². The third-order valence-electron chi connectivity index (χ3n) is 3.16. The zero-order chi connectivity index (χ0) is 15.5. The Balaban J connectivity index is 1.79. The van der Waals surface area contributed by atoms with Gasteiger partial charge in [-0.1, -0.05) is 23.9 Å². The van der Waals surface area contributed by atoms with Gasteiger partial charge in [-0.25, -0.2) is 14.6 Å². The van der Waals surface area contributed by atoms with Crippen LogP contribution in [0.2, 0.25) is 0 Å². The lowest BCUT2D eigenvalue weighted by molar-refractivity contribution is 0.831. The number of aromatic nitrogens is 4. The van der Waals surface area contributed by atoms with Gasteiger partial charge in [0.1, 0.15) is 0 Å². The Bertz CT molecular complexity index is 853. The van der Waals surface area contributed by atoms with Crippen LogP contribution in [0.1, 0.15) is 17.0 Å². The van der Waals surface area contributed by atoms with Gasteiger partial charge in [0.2, 0.25) is 0 Å². The van der Waals surface area contributed by atoms with Crippen molar-refractivity contribution in [1.29, 1.82) is 0 Å². The standard InChI is InChI=1S/C16H16N4OS/c1-11-4-3-5-14(8-11)20-15(21)9-13(19-20)10-22-16-17-7-6-12(2)18-16/h3-9,19H,10H2,1-2H3. The maximum atomic E-state index is 12.1. The summed E-state index contributed by atoms with van der Waals surface area (Å²) in [5.41, 5.74) is 3.67. The lowest BCUT2D eigenvalue weighted by atomic mass is 10.2. The van der Waals surface area contributed by atoms with E-state index in [0.717, 1.165) is 22.6 Å². The van der Waals surface area contributed by atoms with Crippen LogP contribution in [0.4, 0.5) is 0 Å². The van der Waals surface area contributed by atoms with E-state index in [-0.39, 0.29) is 5.56 Å². The van der Waals surface area contributed by atoms with E-state index in [2.05, 4.69) is 15.1 Å². The summed E-state index contributed by atoms with van der Waals surface area (Å²) < 4.78 is 1.56. The molecule has 0 fully saturated rings. The largest absolute Gasteiger partial charge is 0.294 e. The summed E-state index contributed by atoms with van der Waals surface area (Å²) in [7, 11) is 0. The lowest BCUT2D eigenvalue weighted by Gasteiger charge is -2.03. The van der Waals surface area contributed by atoms with Crippen molar-refractivity contribution >= 4 is 11.8 Å². The molecule has 112 valence electrons. The van der Waals surface area contributed by atoms with Gasteiger partial charge in [0.05, 0.1) is 5.69 Å². The van der Waals surface area contributed by atoms with Crippen molar-refractivity contribution in [1.82, 2.24) is 19.7 Å². The number of nitrogens with zero attached hydrogens (tertiary/aromatic N) is 3. The van der Waals surface area contributed by atoms with Gasteiger partial charge in [-0.05, 0) is 37.6 Å². The van der Waals surface area contributed by atoms with Crippen LogP contribution >= 0.6 is 11.8 Å². The highest BCUT2D eigenvalue weighted by atomic mass is 32.2. The molecule has 0 unspecified atom stereocenters. The normalized spacial score (nSPS) is 10.8. The van der Waals surface area contributed by atoms with Crippen LogP contribution in [0, 0.1) is 13.8 Å². The molecule has 0 amide bonds. The molecular formula is C16H16N4OS. The van der Waals surface area contributed by atoms with E-state index in [4.69, 9.17) is 0 Å². The summed E-state index contributed by atoms with van der Waals surface area (Å²) in [5.74, 6) is 0.623. The van der Waals surface area contributed by atoms with Crippen molar-refractivity contribution in [2.75, 3.05) is 0 Å². The van der Waals surface area contributed by atoms with Gasteiger partial charge in [-0.3, -0.25) is 9.89 Å². The van der Waals surface area contributed by atoms with Gasteiger partial charge in [0.25, 0.3) is 5.56 Å². The van der Waals surface area contributed by atoms with E-state index in [9.17, 15) is 4.79 Å². The molecule has 1 N–H and O–H groups in total. The second-order valence-corrected chi connectivity index (χ2v) is 6.01. The first kappa shape index (κ1) is 14.6. The molecule has 0 aliphatic rings. The second kappa shape index (κ2) is 6.19. The number of thioether (sulfide) groups is 1. The van der Waals surface area contributed by atoms with Crippen molar-refractivity contribution in [3.05, 3.63) is 69.9 Å². The predicted octanol–water partition coefficient (Wildman–Crippen LogP) is 2.86. The van der Waals surface area contributed by atoms with Crippen LogP contribution in [0.5, 0.6) is 0 Å². The van der Waals surface area contributed by atoms with Crippen molar-refractivity contribution in [2.45, 2.75) is 24.8 Å². The Hall–Kier alpha value is -2.34. The van der Waals surface area contributed by atoms with Gasteiger partial charge in [-0.15, -0.1) is 0 Å². The fraction of sp³-hybridized carbons (Fsp3) is 0.188. The zero-order valence-corrected chi connectivity index (χ0v) is 13.2. The van der Waals surface area contributed by atoms with E-state index in [1.54, 1.807) is 16.9 Å². The molecule has 0 saturated heterocycles. The van der Waals surface area contributed by atoms with Crippen molar-refractivity contribution in [2.24, 2.45) is 0 Å². The minimum absolute atomic E-state index is 0.0636. The van der Waals surface area contributed by atoms with Crippen molar-refractivity contribution < 1.29 is 0 Å². The average Bonchev–Trinajstić information content (AvgIpc) is 2.86. The number of hydrogen-bond acceptors (Lipinski definition) is 4. The molecule has 2 aromatic heterocycles. The fourth-order valence-corrected chi connectivity index (χ4v) is 2.89. The fourth-order valence-electron chi connectivity index (χ4n) is 2.12. The third-order valence-corrected chi connectivity index (χ3v) is 4.07. The highest BCUT2D eigenvalue weighted by Crippen LogP contribution is 2.17. The molecule has 6 heteroatoms. The average molecular weight is 312 g/mol. The quantitative estimate of drug-likeness (QED) is 0.594. The highest BCUT2D eigenvalue weighted by molar-refractivity contribution is 7.98. The monoisotopic (exact) mass is 312 g/mol. The van der Waals surface area contributed by atoms with E-state index >= 15 is 0 Å². The number of H-pyrrole nitrogens is 1. The van der Waals surface area contributed by atoms with E-state index in [0.29, 0.717) is 10.9 Å². The summed E-state index contributed by atoms with van der Waals surface area (Å²) in [4.78, 5) is 20.7. The van der Waals surface area contributed by atoms with E-state index < -0.39 is 0 Å². The van der Waals surface area contributed by atoms with Gasteiger partial charge in [0, 0.05) is 29.4 Å². The van der Waals surface area contributed by atoms with E-state index in [1.165, 1.54) is 11.8 Å². The van der Waals surface area contributed by atoms with Gasteiger partial charge in [0.15, 0.2) is 5.16 Å². The number of aryl methyl sites for hydroxylation is 2. The predicted molar refractivity (Wildman–Crippen MR) is 87.5 cm³/mol. The number of rotatable bonds is 4. The molecular weight excluding hydrogens is 296 g/mol. The van der Waals surface area contributed by atoms with Crippen LogP contribution in [-0.4, -0.2) is 19.7 Å². The molecule has 2 heterocycles. The van der Waals surface area contributed by atoms with Crippen LogP contribution in [0.15, 0.2) is 52.5 Å². The number of nitrogens with one attached hydrogen (secondary N) is 1. The Morgan fingerprint density at radius 2 is 2.09 bits per heavy atom. The molecule has 0 aliphatic carbocycles. The number of hydrogen-bond donors (Lipinski definition) is 1. The molecule has 0 radical (unpaired) electrons. The van der Waals surface area contributed by atoms with Crippen LogP contribution < -0.4 is 5.56 Å². The zero-order valence-electron chi connectivity index (χ0n) is 12.4. The second-order valence-electron chi connectivity index (χ2n) is 5.06. The minimum atomic E-state index is -0.0636. The maximum absolute atomic E-state index is 12.1. The number of aromatic amines is 1.